The molecular weight excluding hydrogens is 398 g/mol. The van der Waals surface area contributed by atoms with Crippen LogP contribution < -0.4 is 19.3 Å². The Labute approximate surface area is 172 Å². The maximum Gasteiger partial charge on any atom is 0.260 e. The third kappa shape index (κ3) is 3.92. The topological polar surface area (TPSA) is 56.1 Å². The summed E-state index contributed by atoms with van der Waals surface area (Å²) in [5.41, 5.74) is 1.34. The van der Waals surface area contributed by atoms with E-state index < -0.39 is 0 Å². The minimum absolute atomic E-state index is 0.111. The predicted molar refractivity (Wildman–Crippen MR) is 111 cm³/mol. The maximum atomic E-state index is 13.2. The number of ether oxygens (including phenoxy) is 2. The van der Waals surface area contributed by atoms with E-state index in [-0.39, 0.29) is 5.91 Å². The van der Waals surface area contributed by atoms with E-state index in [9.17, 15) is 4.79 Å². The van der Waals surface area contributed by atoms with Crippen molar-refractivity contribution in [3.05, 3.63) is 47.0 Å². The lowest BCUT2D eigenvalue weighted by Crippen LogP contribution is -3.06. The zero-order valence-electron chi connectivity index (χ0n) is 15.7. The fraction of sp³-hybridized carbons (Fsp3) is 0.300. The molecule has 1 aromatic heterocycles. The molecule has 1 amide bonds. The number of fused-ring (bicyclic) bond motifs is 2. The lowest BCUT2D eigenvalue weighted by Gasteiger charge is -2.20. The number of amides is 1. The van der Waals surface area contributed by atoms with Crippen molar-refractivity contribution in [3.8, 4) is 11.5 Å². The molecule has 3 aromatic rings. The molecule has 0 saturated heterocycles. The standard InChI is InChI=1S/C20H20ClN3O3S/c1-23(2)6-7-24(19(25)13-4-3-5-14(21)10-13)20-22-15-11-16-17(12-18(15)28-20)27-9-8-26-16/h3-5,10-12H,6-9H2,1-2H3/p+1. The lowest BCUT2D eigenvalue weighted by molar-refractivity contribution is -0.856. The number of nitrogens with zero attached hydrogens (tertiary/aromatic N) is 2. The number of carbonyl (C=O) groups excluding carboxylic acids is 1. The smallest absolute Gasteiger partial charge is 0.260 e. The predicted octanol–water partition coefficient (Wildman–Crippen LogP) is 2.51. The molecule has 1 aliphatic heterocycles. The van der Waals surface area contributed by atoms with Crippen LogP contribution in [-0.4, -0.2) is 51.3 Å². The van der Waals surface area contributed by atoms with Crippen LogP contribution in [-0.2, 0) is 0 Å². The third-order valence-corrected chi connectivity index (χ3v) is 5.70. The quantitative estimate of drug-likeness (QED) is 0.691. The van der Waals surface area contributed by atoms with Gasteiger partial charge in [-0.05, 0) is 18.2 Å². The van der Waals surface area contributed by atoms with Crippen molar-refractivity contribution in [3.63, 3.8) is 0 Å². The Hall–Kier alpha value is -2.35. The first-order valence-corrected chi connectivity index (χ1v) is 10.3. The normalized spacial score (nSPS) is 13.1. The van der Waals surface area contributed by atoms with Gasteiger partial charge in [-0.2, -0.15) is 0 Å². The Kier molecular flexibility index (Phi) is 5.39. The molecule has 0 bridgehead atoms. The van der Waals surface area contributed by atoms with Crippen molar-refractivity contribution in [2.45, 2.75) is 0 Å². The minimum Gasteiger partial charge on any atom is -0.486 e. The second-order valence-corrected chi connectivity index (χ2v) is 8.33. The summed E-state index contributed by atoms with van der Waals surface area (Å²) in [6, 6.07) is 10.8. The van der Waals surface area contributed by atoms with Gasteiger partial charge >= 0.3 is 0 Å². The SMILES string of the molecule is C[NH+](C)CCN(C(=O)c1cccc(Cl)c1)c1nc2cc3c(cc2s1)OCCO3. The number of benzene rings is 2. The third-order valence-electron chi connectivity index (χ3n) is 4.42. The average molecular weight is 419 g/mol. The Morgan fingerprint density at radius 3 is 2.68 bits per heavy atom. The van der Waals surface area contributed by atoms with Gasteiger partial charge in [0.15, 0.2) is 16.6 Å². The van der Waals surface area contributed by atoms with Crippen molar-refractivity contribution in [2.75, 3.05) is 45.3 Å². The summed E-state index contributed by atoms with van der Waals surface area (Å²) in [5.74, 6) is 1.31. The van der Waals surface area contributed by atoms with Crippen LogP contribution in [0.1, 0.15) is 10.4 Å². The van der Waals surface area contributed by atoms with Gasteiger partial charge in [-0.3, -0.25) is 9.69 Å². The van der Waals surface area contributed by atoms with Crippen LogP contribution in [0.25, 0.3) is 10.2 Å². The second-order valence-electron chi connectivity index (χ2n) is 6.88. The first-order valence-electron chi connectivity index (χ1n) is 9.08. The Morgan fingerprint density at radius 2 is 1.96 bits per heavy atom. The molecule has 0 radical (unpaired) electrons. The molecule has 146 valence electrons. The monoisotopic (exact) mass is 418 g/mol. The zero-order valence-corrected chi connectivity index (χ0v) is 17.3. The second kappa shape index (κ2) is 7.95. The molecule has 1 N–H and O–H groups in total. The van der Waals surface area contributed by atoms with Crippen LogP contribution in [0.2, 0.25) is 5.02 Å². The molecule has 1 aliphatic rings. The Morgan fingerprint density at radius 1 is 1.21 bits per heavy atom. The fourth-order valence-corrected chi connectivity index (χ4v) is 4.16. The molecule has 0 unspecified atom stereocenters. The molecular formula is C20H21ClN3O3S+. The van der Waals surface area contributed by atoms with E-state index in [1.54, 1.807) is 29.2 Å². The van der Waals surface area contributed by atoms with Gasteiger partial charge in [-0.25, -0.2) is 4.98 Å². The summed E-state index contributed by atoms with van der Waals surface area (Å²) >= 11 is 7.56. The number of nitrogens with one attached hydrogen (secondary N) is 1. The number of anilines is 1. The van der Waals surface area contributed by atoms with Gasteiger partial charge in [-0.15, -0.1) is 0 Å². The molecule has 8 heteroatoms. The largest absolute Gasteiger partial charge is 0.486 e. The van der Waals surface area contributed by atoms with Gasteiger partial charge < -0.3 is 14.4 Å². The van der Waals surface area contributed by atoms with Gasteiger partial charge in [0.2, 0.25) is 0 Å². The van der Waals surface area contributed by atoms with Crippen LogP contribution in [0.3, 0.4) is 0 Å². The zero-order chi connectivity index (χ0) is 19.7. The van der Waals surface area contributed by atoms with Crippen molar-refractivity contribution >= 4 is 44.2 Å². The van der Waals surface area contributed by atoms with Crippen LogP contribution in [0, 0.1) is 0 Å². The van der Waals surface area contributed by atoms with Crippen LogP contribution >= 0.6 is 22.9 Å². The number of carbonyl (C=O) groups is 1. The highest BCUT2D eigenvalue weighted by atomic mass is 35.5. The summed E-state index contributed by atoms with van der Waals surface area (Å²) in [4.78, 5) is 20.9. The molecule has 0 spiro atoms. The first-order chi connectivity index (χ1) is 13.5. The van der Waals surface area contributed by atoms with Gasteiger partial charge in [0.1, 0.15) is 13.2 Å². The van der Waals surface area contributed by atoms with Gasteiger partial charge in [0.05, 0.1) is 37.4 Å². The van der Waals surface area contributed by atoms with E-state index in [4.69, 9.17) is 26.1 Å². The first kappa shape index (κ1) is 19.0. The van der Waals surface area contributed by atoms with Crippen LogP contribution in [0.5, 0.6) is 11.5 Å². The molecule has 0 atom stereocenters. The molecule has 0 aliphatic carbocycles. The van der Waals surface area contributed by atoms with Gasteiger partial charge in [0.25, 0.3) is 5.91 Å². The molecule has 0 fully saturated rings. The highest BCUT2D eigenvalue weighted by Gasteiger charge is 2.23. The summed E-state index contributed by atoms with van der Waals surface area (Å²) < 4.78 is 12.3. The Balaban J connectivity index is 1.72. The lowest BCUT2D eigenvalue weighted by atomic mass is 10.2. The molecule has 0 saturated carbocycles. The number of hydrogen-bond donors (Lipinski definition) is 1. The van der Waals surface area contributed by atoms with E-state index in [1.807, 2.05) is 12.1 Å². The van der Waals surface area contributed by atoms with Crippen molar-refractivity contribution < 1.29 is 19.2 Å². The molecule has 2 aromatic carbocycles. The number of quaternary nitrogens is 1. The van der Waals surface area contributed by atoms with Crippen LogP contribution in [0.15, 0.2) is 36.4 Å². The van der Waals surface area contributed by atoms with Crippen molar-refractivity contribution in [1.29, 1.82) is 0 Å². The average Bonchev–Trinajstić information content (AvgIpc) is 3.08. The van der Waals surface area contributed by atoms with Gasteiger partial charge in [-0.1, -0.05) is 29.0 Å². The number of aromatic nitrogens is 1. The van der Waals surface area contributed by atoms with E-state index in [1.165, 1.54) is 16.2 Å². The molecule has 4 rings (SSSR count). The fourth-order valence-electron chi connectivity index (χ4n) is 2.97. The number of halogens is 1. The van der Waals surface area contributed by atoms with E-state index in [0.717, 1.165) is 22.5 Å². The highest BCUT2D eigenvalue weighted by molar-refractivity contribution is 7.22. The number of thiazole rings is 1. The summed E-state index contributed by atoms with van der Waals surface area (Å²) in [5, 5.41) is 1.19. The molecule has 6 nitrogen and oxygen atoms in total. The van der Waals surface area contributed by atoms with Crippen LogP contribution in [0.4, 0.5) is 5.13 Å². The molecule has 28 heavy (non-hydrogen) atoms. The van der Waals surface area contributed by atoms with E-state index >= 15 is 0 Å². The maximum absolute atomic E-state index is 13.2. The highest BCUT2D eigenvalue weighted by Crippen LogP contribution is 2.39. The van der Waals surface area contributed by atoms with E-state index in [2.05, 4.69) is 14.1 Å². The number of likely N-dealkylation sites (N-methyl/N-ethyl adjacent to an activating group) is 1. The van der Waals surface area contributed by atoms with E-state index in [0.29, 0.717) is 41.2 Å². The van der Waals surface area contributed by atoms with Gasteiger partial charge in [0, 0.05) is 22.7 Å². The summed E-state index contributed by atoms with van der Waals surface area (Å²) in [6.07, 6.45) is 0. The number of rotatable bonds is 5. The minimum atomic E-state index is -0.111. The summed E-state index contributed by atoms with van der Waals surface area (Å²) in [7, 11) is 4.12. The van der Waals surface area contributed by atoms with Crippen molar-refractivity contribution in [2.24, 2.45) is 0 Å². The molecule has 2 heterocycles. The Bertz CT molecular complexity index is 978. The van der Waals surface area contributed by atoms with Crippen molar-refractivity contribution in [1.82, 2.24) is 4.98 Å². The number of hydrogen-bond acceptors (Lipinski definition) is 5. The summed E-state index contributed by atoms with van der Waals surface area (Å²) in [6.45, 7) is 2.42.